The molecule has 1 aromatic heterocycles. The molecule has 0 aliphatic heterocycles. The molecule has 0 atom stereocenters. The second-order valence-electron chi connectivity index (χ2n) is 5.80. The topological polar surface area (TPSA) is 80.3 Å². The average Bonchev–Trinajstić information content (AvgIpc) is 2.72. The fourth-order valence-electron chi connectivity index (χ4n) is 2.31. The number of hydrogen-bond donors (Lipinski definition) is 2. The van der Waals surface area contributed by atoms with Gasteiger partial charge < -0.3 is 4.74 Å². The Morgan fingerprint density at radius 3 is 2.03 bits per heavy atom. The Morgan fingerprint density at radius 2 is 1.41 bits per heavy atom. The van der Waals surface area contributed by atoms with Gasteiger partial charge in [0.2, 0.25) is 0 Å². The van der Waals surface area contributed by atoms with Gasteiger partial charge in [0.15, 0.2) is 0 Å². The van der Waals surface area contributed by atoms with Gasteiger partial charge in [0.05, 0.1) is 5.56 Å². The first kappa shape index (κ1) is 19.9. The van der Waals surface area contributed by atoms with Gasteiger partial charge in [-0.3, -0.25) is 25.4 Å². The summed E-state index contributed by atoms with van der Waals surface area (Å²) in [5.41, 5.74) is 3.67. The van der Waals surface area contributed by atoms with E-state index in [-0.39, 0.29) is 11.1 Å². The summed E-state index contributed by atoms with van der Waals surface area (Å²) in [5, 5.41) is 0. The molecule has 9 heteroatoms. The number of carbonyl (C=O) groups is 2. The zero-order valence-corrected chi connectivity index (χ0v) is 14.7. The lowest BCUT2D eigenvalue weighted by Crippen LogP contribution is -2.41. The Kier molecular flexibility index (Phi) is 5.77. The standard InChI is InChI=1S/C20H14F3N3O3/c21-20(22,23)15-6-4-13(5-7-15)18(27)25-26-19(28)14-2-1-3-17(12-14)29-16-8-10-24-11-9-16/h1-12H,(H,25,27)(H,26,28). The molecular weight excluding hydrogens is 387 g/mol. The van der Waals surface area contributed by atoms with E-state index in [2.05, 4.69) is 15.8 Å². The molecule has 0 aliphatic rings. The number of nitrogens with one attached hydrogen (secondary N) is 2. The number of aromatic nitrogens is 1. The summed E-state index contributed by atoms with van der Waals surface area (Å²) in [6.07, 6.45) is -1.38. The first-order valence-corrected chi connectivity index (χ1v) is 8.29. The molecule has 0 bridgehead atoms. The van der Waals surface area contributed by atoms with Crippen LogP contribution in [0.25, 0.3) is 0 Å². The maximum atomic E-state index is 12.6. The van der Waals surface area contributed by atoms with Gasteiger partial charge in [0.1, 0.15) is 11.5 Å². The number of ether oxygens (including phenoxy) is 1. The highest BCUT2D eigenvalue weighted by molar-refractivity contribution is 5.99. The van der Waals surface area contributed by atoms with E-state index < -0.39 is 23.6 Å². The van der Waals surface area contributed by atoms with Crippen molar-refractivity contribution in [3.8, 4) is 11.5 Å². The normalized spacial score (nSPS) is 10.9. The zero-order chi connectivity index (χ0) is 20.9. The maximum Gasteiger partial charge on any atom is 0.416 e. The number of halogens is 3. The number of alkyl halides is 3. The number of hydrogen-bond acceptors (Lipinski definition) is 4. The van der Waals surface area contributed by atoms with Crippen LogP contribution in [0.5, 0.6) is 11.5 Å². The molecule has 3 rings (SSSR count). The second-order valence-corrected chi connectivity index (χ2v) is 5.80. The average molecular weight is 401 g/mol. The van der Waals surface area contributed by atoms with Crippen LogP contribution < -0.4 is 15.6 Å². The van der Waals surface area contributed by atoms with Crippen LogP contribution in [0.4, 0.5) is 13.2 Å². The molecule has 1 heterocycles. The lowest BCUT2D eigenvalue weighted by Gasteiger charge is -2.10. The molecule has 0 spiro atoms. The lowest BCUT2D eigenvalue weighted by atomic mass is 10.1. The number of amides is 2. The van der Waals surface area contributed by atoms with E-state index >= 15 is 0 Å². The van der Waals surface area contributed by atoms with Gasteiger partial charge in [-0.15, -0.1) is 0 Å². The minimum absolute atomic E-state index is 0.0342. The SMILES string of the molecule is O=C(NNC(=O)c1cccc(Oc2ccncc2)c1)c1ccc(C(F)(F)F)cc1. The van der Waals surface area contributed by atoms with Gasteiger partial charge in [-0.05, 0) is 54.6 Å². The van der Waals surface area contributed by atoms with Crippen LogP contribution in [0.3, 0.4) is 0 Å². The van der Waals surface area contributed by atoms with Crippen molar-refractivity contribution < 1.29 is 27.5 Å². The molecule has 2 amide bonds. The van der Waals surface area contributed by atoms with Crippen molar-refractivity contribution in [1.29, 1.82) is 0 Å². The third kappa shape index (κ3) is 5.32. The van der Waals surface area contributed by atoms with Crippen molar-refractivity contribution in [3.63, 3.8) is 0 Å². The van der Waals surface area contributed by atoms with Crippen molar-refractivity contribution in [2.24, 2.45) is 0 Å². The summed E-state index contributed by atoms with van der Waals surface area (Å²) in [6, 6.07) is 13.2. The summed E-state index contributed by atoms with van der Waals surface area (Å²) in [4.78, 5) is 28.1. The Labute approximate surface area is 163 Å². The second kappa shape index (κ2) is 8.42. The number of hydrazine groups is 1. The van der Waals surface area contributed by atoms with Crippen molar-refractivity contribution in [2.75, 3.05) is 0 Å². The predicted octanol–water partition coefficient (Wildman–Crippen LogP) is 3.97. The Morgan fingerprint density at radius 1 is 0.793 bits per heavy atom. The predicted molar refractivity (Wildman–Crippen MR) is 97.1 cm³/mol. The largest absolute Gasteiger partial charge is 0.457 e. The summed E-state index contributed by atoms with van der Waals surface area (Å²) in [7, 11) is 0. The Balaban J connectivity index is 1.60. The van der Waals surface area contributed by atoms with Crippen molar-refractivity contribution >= 4 is 11.8 Å². The van der Waals surface area contributed by atoms with E-state index in [4.69, 9.17) is 4.74 Å². The molecule has 0 fully saturated rings. The number of rotatable bonds is 4. The summed E-state index contributed by atoms with van der Waals surface area (Å²) in [5.74, 6) is -0.437. The fraction of sp³-hybridized carbons (Fsp3) is 0.0500. The Hall–Kier alpha value is -3.88. The molecule has 6 nitrogen and oxygen atoms in total. The third-order valence-electron chi connectivity index (χ3n) is 3.75. The minimum Gasteiger partial charge on any atom is -0.457 e. The van der Waals surface area contributed by atoms with E-state index in [1.807, 2.05) is 0 Å². The highest BCUT2D eigenvalue weighted by atomic mass is 19.4. The van der Waals surface area contributed by atoms with Gasteiger partial charge in [-0.2, -0.15) is 13.2 Å². The molecule has 0 saturated carbocycles. The highest BCUT2D eigenvalue weighted by Gasteiger charge is 2.30. The number of carbonyl (C=O) groups excluding carboxylic acids is 2. The number of pyridine rings is 1. The summed E-state index contributed by atoms with van der Waals surface area (Å²) in [6.45, 7) is 0. The minimum atomic E-state index is -4.49. The molecule has 0 radical (unpaired) electrons. The Bertz CT molecular complexity index is 1010. The van der Waals surface area contributed by atoms with Gasteiger partial charge in [-0.1, -0.05) is 6.07 Å². The van der Waals surface area contributed by atoms with Crippen LogP contribution >= 0.6 is 0 Å². The molecule has 0 unspecified atom stereocenters. The molecule has 3 aromatic rings. The van der Waals surface area contributed by atoms with Crippen LogP contribution in [0.15, 0.2) is 73.1 Å². The number of benzene rings is 2. The molecular formula is C20H14F3N3O3. The first-order valence-electron chi connectivity index (χ1n) is 8.29. The van der Waals surface area contributed by atoms with E-state index in [0.29, 0.717) is 11.5 Å². The monoisotopic (exact) mass is 401 g/mol. The van der Waals surface area contributed by atoms with E-state index in [0.717, 1.165) is 24.3 Å². The quantitative estimate of drug-likeness (QED) is 0.649. The van der Waals surface area contributed by atoms with E-state index in [1.54, 1.807) is 36.7 Å². The maximum absolute atomic E-state index is 12.6. The van der Waals surface area contributed by atoms with Gasteiger partial charge in [0, 0.05) is 23.5 Å². The van der Waals surface area contributed by atoms with Gasteiger partial charge >= 0.3 is 6.18 Å². The summed E-state index contributed by atoms with van der Waals surface area (Å²) < 4.78 is 43.3. The van der Waals surface area contributed by atoms with Crippen molar-refractivity contribution in [1.82, 2.24) is 15.8 Å². The van der Waals surface area contributed by atoms with Crippen LogP contribution in [-0.2, 0) is 6.18 Å². The smallest absolute Gasteiger partial charge is 0.416 e. The molecule has 2 N–H and O–H groups in total. The van der Waals surface area contributed by atoms with Crippen molar-refractivity contribution in [3.05, 3.63) is 89.7 Å². The van der Waals surface area contributed by atoms with Gasteiger partial charge in [-0.25, -0.2) is 0 Å². The molecule has 29 heavy (non-hydrogen) atoms. The van der Waals surface area contributed by atoms with Crippen LogP contribution in [-0.4, -0.2) is 16.8 Å². The first-order chi connectivity index (χ1) is 13.8. The van der Waals surface area contributed by atoms with E-state index in [9.17, 15) is 22.8 Å². The summed E-state index contributed by atoms with van der Waals surface area (Å²) >= 11 is 0. The highest BCUT2D eigenvalue weighted by Crippen LogP contribution is 2.29. The fourth-order valence-corrected chi connectivity index (χ4v) is 2.31. The van der Waals surface area contributed by atoms with Gasteiger partial charge in [0.25, 0.3) is 11.8 Å². The van der Waals surface area contributed by atoms with Crippen LogP contribution in [0, 0.1) is 0 Å². The van der Waals surface area contributed by atoms with Crippen molar-refractivity contribution in [2.45, 2.75) is 6.18 Å². The van der Waals surface area contributed by atoms with E-state index in [1.165, 1.54) is 12.1 Å². The zero-order valence-electron chi connectivity index (χ0n) is 14.7. The lowest BCUT2D eigenvalue weighted by molar-refractivity contribution is -0.137. The molecule has 148 valence electrons. The van der Waals surface area contributed by atoms with Crippen LogP contribution in [0.2, 0.25) is 0 Å². The molecule has 0 saturated heterocycles. The molecule has 2 aromatic carbocycles. The number of nitrogens with zero attached hydrogens (tertiary/aromatic N) is 1. The molecule has 0 aliphatic carbocycles. The third-order valence-corrected chi connectivity index (χ3v) is 3.75. The van der Waals surface area contributed by atoms with Crippen LogP contribution in [0.1, 0.15) is 26.3 Å².